The Labute approximate surface area is 92.6 Å². The first kappa shape index (κ1) is 12.1. The Morgan fingerprint density at radius 1 is 1.13 bits per heavy atom. The maximum absolute atomic E-state index is 5.39. The zero-order chi connectivity index (χ0) is 10.9. The highest BCUT2D eigenvalue weighted by Gasteiger charge is 1.95. The molecular weight excluding hydrogens is 186 g/mol. The van der Waals surface area contributed by atoms with Crippen LogP contribution in [0.2, 0.25) is 0 Å². The van der Waals surface area contributed by atoms with Crippen LogP contribution < -0.4 is 10.1 Å². The van der Waals surface area contributed by atoms with Gasteiger partial charge in [0, 0.05) is 0 Å². The monoisotopic (exact) mass is 207 g/mol. The summed E-state index contributed by atoms with van der Waals surface area (Å²) in [5.41, 5.74) is 1.40. The zero-order valence-electron chi connectivity index (χ0n) is 9.75. The normalized spacial score (nSPS) is 10.3. The van der Waals surface area contributed by atoms with Crippen LogP contribution in [0.1, 0.15) is 25.3 Å². The Morgan fingerprint density at radius 3 is 2.47 bits per heavy atom. The van der Waals surface area contributed by atoms with Crippen LogP contribution in [0.5, 0.6) is 5.75 Å². The lowest BCUT2D eigenvalue weighted by atomic mass is 10.1. The summed E-state index contributed by atoms with van der Waals surface area (Å²) in [4.78, 5) is 0. The van der Waals surface area contributed by atoms with Gasteiger partial charge in [-0.3, -0.25) is 0 Å². The van der Waals surface area contributed by atoms with E-state index in [9.17, 15) is 0 Å². The number of nitrogens with one attached hydrogen (secondary N) is 1. The van der Waals surface area contributed by atoms with Gasteiger partial charge >= 0.3 is 0 Å². The van der Waals surface area contributed by atoms with Crippen molar-refractivity contribution in [1.82, 2.24) is 5.32 Å². The molecule has 1 rings (SSSR count). The van der Waals surface area contributed by atoms with Crippen LogP contribution in [0.25, 0.3) is 0 Å². The van der Waals surface area contributed by atoms with Crippen LogP contribution in [0.15, 0.2) is 24.3 Å². The van der Waals surface area contributed by atoms with Gasteiger partial charge in [-0.25, -0.2) is 0 Å². The largest absolute Gasteiger partial charge is 0.494 e. The van der Waals surface area contributed by atoms with E-state index < -0.39 is 0 Å². The Morgan fingerprint density at radius 2 is 1.87 bits per heavy atom. The van der Waals surface area contributed by atoms with Crippen molar-refractivity contribution in [3.05, 3.63) is 29.8 Å². The molecular formula is C13H21NO. The maximum atomic E-state index is 5.39. The molecule has 0 amide bonds. The molecule has 0 aliphatic rings. The summed E-state index contributed by atoms with van der Waals surface area (Å²) < 4.78 is 5.39. The van der Waals surface area contributed by atoms with Gasteiger partial charge in [-0.2, -0.15) is 0 Å². The first-order valence-corrected chi connectivity index (χ1v) is 5.73. The third-order valence-corrected chi connectivity index (χ3v) is 2.38. The lowest BCUT2D eigenvalue weighted by molar-refractivity contribution is 0.340. The SMILES string of the molecule is CCOc1ccc(CCCCNC)cc1. The summed E-state index contributed by atoms with van der Waals surface area (Å²) in [5, 5.41) is 3.16. The number of rotatable bonds is 7. The Balaban J connectivity index is 2.29. The molecule has 0 heterocycles. The molecule has 0 aliphatic heterocycles. The van der Waals surface area contributed by atoms with Gasteiger partial charge in [0.1, 0.15) is 5.75 Å². The van der Waals surface area contributed by atoms with Gasteiger partial charge in [-0.1, -0.05) is 12.1 Å². The number of hydrogen-bond donors (Lipinski definition) is 1. The Bertz CT molecular complexity index is 256. The molecule has 15 heavy (non-hydrogen) atoms. The van der Waals surface area contributed by atoms with Gasteiger partial charge < -0.3 is 10.1 Å². The highest BCUT2D eigenvalue weighted by atomic mass is 16.5. The Hall–Kier alpha value is -1.02. The minimum absolute atomic E-state index is 0.738. The quantitative estimate of drug-likeness (QED) is 0.694. The summed E-state index contributed by atoms with van der Waals surface area (Å²) in [6.07, 6.45) is 3.65. The zero-order valence-corrected chi connectivity index (χ0v) is 9.75. The van der Waals surface area contributed by atoms with Crippen molar-refractivity contribution in [2.45, 2.75) is 26.2 Å². The average Bonchev–Trinajstić information content (AvgIpc) is 2.27. The van der Waals surface area contributed by atoms with Crippen LogP contribution in [0.4, 0.5) is 0 Å². The smallest absolute Gasteiger partial charge is 0.119 e. The van der Waals surface area contributed by atoms with E-state index in [-0.39, 0.29) is 0 Å². The van der Waals surface area contributed by atoms with E-state index >= 15 is 0 Å². The second kappa shape index (κ2) is 7.30. The fourth-order valence-corrected chi connectivity index (χ4v) is 1.55. The van der Waals surface area contributed by atoms with E-state index in [1.54, 1.807) is 0 Å². The van der Waals surface area contributed by atoms with Crippen LogP contribution in [0.3, 0.4) is 0 Å². The van der Waals surface area contributed by atoms with Crippen LogP contribution in [0, 0.1) is 0 Å². The third-order valence-electron chi connectivity index (χ3n) is 2.38. The predicted molar refractivity (Wildman–Crippen MR) is 64.5 cm³/mol. The first-order chi connectivity index (χ1) is 7.36. The first-order valence-electron chi connectivity index (χ1n) is 5.73. The maximum Gasteiger partial charge on any atom is 0.119 e. The van der Waals surface area contributed by atoms with E-state index in [1.165, 1.54) is 18.4 Å². The van der Waals surface area contributed by atoms with Crippen LogP contribution in [-0.4, -0.2) is 20.2 Å². The van der Waals surface area contributed by atoms with E-state index in [0.29, 0.717) is 0 Å². The second-order valence-corrected chi connectivity index (χ2v) is 3.64. The van der Waals surface area contributed by atoms with Gasteiger partial charge in [0.25, 0.3) is 0 Å². The molecule has 0 radical (unpaired) electrons. The molecule has 2 nitrogen and oxygen atoms in total. The summed E-state index contributed by atoms with van der Waals surface area (Å²) in [6.45, 7) is 3.85. The minimum atomic E-state index is 0.738. The minimum Gasteiger partial charge on any atom is -0.494 e. The van der Waals surface area contributed by atoms with Crippen molar-refractivity contribution in [1.29, 1.82) is 0 Å². The summed E-state index contributed by atoms with van der Waals surface area (Å²) in [6, 6.07) is 8.42. The molecule has 0 atom stereocenters. The molecule has 0 saturated carbocycles. The van der Waals surface area contributed by atoms with Crippen LogP contribution >= 0.6 is 0 Å². The molecule has 0 spiro atoms. The molecule has 2 heteroatoms. The van der Waals surface area contributed by atoms with Gasteiger partial charge in [-0.05, 0) is 57.5 Å². The van der Waals surface area contributed by atoms with E-state index in [1.807, 2.05) is 14.0 Å². The molecule has 0 aromatic heterocycles. The predicted octanol–water partition coefficient (Wildman–Crippen LogP) is 2.63. The lowest BCUT2D eigenvalue weighted by Crippen LogP contribution is -2.07. The number of ether oxygens (including phenoxy) is 1. The molecule has 0 bridgehead atoms. The number of hydrogen-bond acceptors (Lipinski definition) is 2. The molecule has 0 aliphatic carbocycles. The van der Waals surface area contributed by atoms with Crippen molar-refractivity contribution < 1.29 is 4.74 Å². The molecule has 1 aromatic carbocycles. The van der Waals surface area contributed by atoms with E-state index in [0.717, 1.165) is 25.3 Å². The van der Waals surface area contributed by atoms with Crippen LogP contribution in [-0.2, 0) is 6.42 Å². The Kier molecular flexibility index (Phi) is 5.86. The average molecular weight is 207 g/mol. The van der Waals surface area contributed by atoms with Crippen molar-refractivity contribution in [2.24, 2.45) is 0 Å². The second-order valence-electron chi connectivity index (χ2n) is 3.64. The number of aryl methyl sites for hydroxylation is 1. The fourth-order valence-electron chi connectivity index (χ4n) is 1.55. The molecule has 1 aromatic rings. The van der Waals surface area contributed by atoms with Crippen molar-refractivity contribution in [3.8, 4) is 5.75 Å². The number of benzene rings is 1. The third kappa shape index (κ3) is 4.84. The van der Waals surface area contributed by atoms with E-state index in [4.69, 9.17) is 4.74 Å². The molecule has 1 N–H and O–H groups in total. The van der Waals surface area contributed by atoms with Gasteiger partial charge in [0.2, 0.25) is 0 Å². The molecule has 0 unspecified atom stereocenters. The van der Waals surface area contributed by atoms with E-state index in [2.05, 4.69) is 29.6 Å². The lowest BCUT2D eigenvalue weighted by Gasteiger charge is -2.05. The standard InChI is InChI=1S/C13H21NO/c1-3-15-13-9-7-12(8-10-13)6-4-5-11-14-2/h7-10,14H,3-6,11H2,1-2H3. The summed E-state index contributed by atoms with van der Waals surface area (Å²) >= 11 is 0. The highest BCUT2D eigenvalue weighted by molar-refractivity contribution is 5.27. The fraction of sp³-hybridized carbons (Fsp3) is 0.538. The highest BCUT2D eigenvalue weighted by Crippen LogP contribution is 2.13. The van der Waals surface area contributed by atoms with Gasteiger partial charge in [0.05, 0.1) is 6.61 Å². The van der Waals surface area contributed by atoms with Crippen molar-refractivity contribution in [3.63, 3.8) is 0 Å². The molecule has 0 fully saturated rings. The topological polar surface area (TPSA) is 21.3 Å². The molecule has 0 saturated heterocycles. The van der Waals surface area contributed by atoms with Crippen molar-refractivity contribution in [2.75, 3.05) is 20.2 Å². The van der Waals surface area contributed by atoms with Gasteiger partial charge in [0.15, 0.2) is 0 Å². The van der Waals surface area contributed by atoms with Crippen molar-refractivity contribution >= 4 is 0 Å². The summed E-state index contributed by atoms with van der Waals surface area (Å²) in [5.74, 6) is 0.969. The van der Waals surface area contributed by atoms with Gasteiger partial charge in [-0.15, -0.1) is 0 Å². The number of unbranched alkanes of at least 4 members (excludes halogenated alkanes) is 1. The summed E-state index contributed by atoms with van der Waals surface area (Å²) in [7, 11) is 2.00. The molecule has 84 valence electrons.